The number of carbonyl (C=O) groups excluding carboxylic acids is 4. The minimum absolute atomic E-state index is 0.137. The molecule has 0 aromatic heterocycles. The molecule has 79 heavy (non-hydrogen) atoms. The van der Waals surface area contributed by atoms with Gasteiger partial charge in [0.1, 0.15) is 0 Å². The van der Waals surface area contributed by atoms with Crippen molar-refractivity contribution >= 4 is 71.5 Å². The number of nitrogens with one attached hydrogen (secondary N) is 2. The Balaban J connectivity index is 1.40. The van der Waals surface area contributed by atoms with Gasteiger partial charge in [0, 0.05) is 37.6 Å². The molecule has 0 saturated heterocycles. The van der Waals surface area contributed by atoms with Crippen LogP contribution in [0.1, 0.15) is 209 Å². The second-order valence-electron chi connectivity index (χ2n) is 20.0. The number of hydrogen-bond acceptors (Lipinski definition) is 8. The minimum Gasteiger partial charge on any atom is -0.367 e. The summed E-state index contributed by atoms with van der Waals surface area (Å²) in [5, 5.41) is 8.19. The summed E-state index contributed by atoms with van der Waals surface area (Å²) in [4.78, 5) is 64.7. The number of hydroxylamine groups is 4. The van der Waals surface area contributed by atoms with Crippen LogP contribution >= 0.6 is 47.8 Å². The van der Waals surface area contributed by atoms with Gasteiger partial charge in [-0.05, 0) is 71.5 Å². The minimum atomic E-state index is -4.65. The summed E-state index contributed by atoms with van der Waals surface area (Å²) in [6, 6.07) is 17.1. The van der Waals surface area contributed by atoms with Gasteiger partial charge in [0.15, 0.2) is 0 Å². The zero-order valence-corrected chi connectivity index (χ0v) is 50.3. The quantitative estimate of drug-likeness (QED) is 0.0261. The Kier molecular flexibility index (Phi) is 30.8. The molecule has 0 atom stereocenters. The Bertz CT molecular complexity index is 2490. The number of carbonyl (C=O) groups is 4. The first-order chi connectivity index (χ1) is 37.8. The molecule has 0 saturated carbocycles. The first kappa shape index (κ1) is 67.2. The highest BCUT2D eigenvalue weighted by atomic mass is 79.9. The molecule has 0 bridgehead atoms. The van der Waals surface area contributed by atoms with Crippen LogP contribution in [0.3, 0.4) is 0 Å². The molecule has 19 heteroatoms. The zero-order chi connectivity index (χ0) is 57.6. The first-order valence-electron chi connectivity index (χ1n) is 27.8. The van der Waals surface area contributed by atoms with E-state index in [-0.39, 0.29) is 49.1 Å². The van der Waals surface area contributed by atoms with Crippen molar-refractivity contribution in [3.05, 3.63) is 137 Å². The molecule has 0 radical (unpaired) electrons. The van der Waals surface area contributed by atoms with Gasteiger partial charge in [-0.25, -0.2) is 0 Å². The van der Waals surface area contributed by atoms with E-state index in [1.807, 2.05) is 0 Å². The third-order valence-corrected chi connectivity index (χ3v) is 15.4. The molecule has 2 amide bonds. The fourth-order valence-electron chi connectivity index (χ4n) is 8.82. The lowest BCUT2D eigenvalue weighted by Gasteiger charge is -2.24. The smallest absolute Gasteiger partial charge is 0.367 e. The normalized spacial score (nSPS) is 11.8. The van der Waals surface area contributed by atoms with Gasteiger partial charge in [0.25, 0.3) is 11.8 Å². The standard InChI is InChI=1S/C60H77Br3F6N4O6/c1-3-5-7-9-11-13-15-17-19-21-33-70-57(76)46-29-30-47(52(61)37-46)42-72(40-44-25-23-27-49(35-44)59(64,65)66)78-55(74)31-32-56(75)79-73(41-45-26-24-28-50(36-45)60(67,68)69)43-51-53(62)38-48(39-54(51)63)58(77)71-34-22-20-18-16-14-12-10-8-6-4-2/h23-30,35-39H,3-22,31-34,40-43H2,1-2H3,(H,70,76)(H,71,77). The van der Waals surface area contributed by atoms with Crippen LogP contribution in [0, 0.1) is 0 Å². The highest BCUT2D eigenvalue weighted by Gasteiger charge is 2.32. The number of hydrogen-bond donors (Lipinski definition) is 2. The second kappa shape index (κ2) is 36.2. The predicted molar refractivity (Wildman–Crippen MR) is 307 cm³/mol. The van der Waals surface area contributed by atoms with Crippen LogP contribution in [0.15, 0.2) is 92.3 Å². The van der Waals surface area contributed by atoms with E-state index >= 15 is 0 Å². The van der Waals surface area contributed by atoms with Crippen molar-refractivity contribution in [2.75, 3.05) is 13.1 Å². The van der Waals surface area contributed by atoms with Gasteiger partial charge >= 0.3 is 24.3 Å². The number of rotatable bonds is 37. The molecule has 2 N–H and O–H groups in total. The second-order valence-corrected chi connectivity index (χ2v) is 22.6. The number of halogens is 9. The summed E-state index contributed by atoms with van der Waals surface area (Å²) >= 11 is 10.6. The number of unbranched alkanes of at least 4 members (excludes halogenated alkanes) is 18. The number of amides is 2. The van der Waals surface area contributed by atoms with Crippen molar-refractivity contribution in [1.29, 1.82) is 0 Å². The van der Waals surface area contributed by atoms with Gasteiger partial charge < -0.3 is 20.3 Å². The van der Waals surface area contributed by atoms with Gasteiger partial charge in [-0.2, -0.15) is 26.3 Å². The van der Waals surface area contributed by atoms with Crippen molar-refractivity contribution in [2.45, 2.75) is 194 Å². The summed E-state index contributed by atoms with van der Waals surface area (Å²) in [5.74, 6) is -2.44. The van der Waals surface area contributed by atoms with E-state index in [1.165, 1.54) is 114 Å². The average Bonchev–Trinajstić information content (AvgIpc) is 3.42. The average molecular weight is 1300 g/mol. The molecule has 0 spiro atoms. The van der Waals surface area contributed by atoms with Crippen LogP contribution in [0.5, 0.6) is 0 Å². The molecule has 10 nitrogen and oxygen atoms in total. The Hall–Kier alpha value is -4.30. The molecule has 4 aromatic rings. The van der Waals surface area contributed by atoms with Crippen LogP contribution in [-0.2, 0) is 57.8 Å². The molecule has 0 aliphatic rings. The van der Waals surface area contributed by atoms with Gasteiger partial charge in [-0.15, -0.1) is 10.1 Å². The third-order valence-electron chi connectivity index (χ3n) is 13.3. The lowest BCUT2D eigenvalue weighted by atomic mass is 10.1. The highest BCUT2D eigenvalue weighted by Crippen LogP contribution is 2.33. The molecule has 0 fully saturated rings. The lowest BCUT2D eigenvalue weighted by Crippen LogP contribution is -2.29. The van der Waals surface area contributed by atoms with Crippen molar-refractivity contribution < 1.29 is 55.2 Å². The van der Waals surface area contributed by atoms with Crippen LogP contribution in [-0.4, -0.2) is 47.0 Å². The topological polar surface area (TPSA) is 117 Å². The summed E-state index contributed by atoms with van der Waals surface area (Å²) in [6.07, 6.45) is 12.9. The Morgan fingerprint density at radius 2 is 0.835 bits per heavy atom. The van der Waals surface area contributed by atoms with E-state index in [1.54, 1.807) is 30.3 Å². The van der Waals surface area contributed by atoms with Gasteiger partial charge in [-0.3, -0.25) is 19.2 Å². The molecular weight excluding hydrogens is 1230 g/mol. The van der Waals surface area contributed by atoms with Crippen LogP contribution in [0.2, 0.25) is 0 Å². The van der Waals surface area contributed by atoms with Gasteiger partial charge in [0.2, 0.25) is 0 Å². The van der Waals surface area contributed by atoms with Crippen LogP contribution in [0.4, 0.5) is 26.3 Å². The van der Waals surface area contributed by atoms with Crippen LogP contribution < -0.4 is 10.6 Å². The number of alkyl halides is 6. The third kappa shape index (κ3) is 26.4. The molecule has 436 valence electrons. The summed E-state index contributed by atoms with van der Waals surface area (Å²) < 4.78 is 83.9. The molecule has 0 unspecified atom stereocenters. The molecular formula is C60H77Br3F6N4O6. The number of nitrogens with zero attached hydrogens (tertiary/aromatic N) is 2. The summed E-state index contributed by atoms with van der Waals surface area (Å²) in [6.45, 7) is 4.52. The van der Waals surface area contributed by atoms with E-state index in [0.717, 1.165) is 72.9 Å². The largest absolute Gasteiger partial charge is 0.416 e. The maximum atomic E-state index is 13.8. The molecule has 4 aromatic carbocycles. The van der Waals surface area contributed by atoms with Crippen molar-refractivity contribution in [3.63, 3.8) is 0 Å². The van der Waals surface area contributed by atoms with Crippen molar-refractivity contribution in [2.24, 2.45) is 0 Å². The molecule has 0 heterocycles. The Labute approximate surface area is 488 Å². The van der Waals surface area contributed by atoms with Crippen molar-refractivity contribution in [1.82, 2.24) is 20.8 Å². The highest BCUT2D eigenvalue weighted by molar-refractivity contribution is 9.11. The lowest BCUT2D eigenvalue weighted by molar-refractivity contribution is -0.204. The first-order valence-corrected chi connectivity index (χ1v) is 30.2. The van der Waals surface area contributed by atoms with Gasteiger partial charge in [-0.1, -0.05) is 220 Å². The van der Waals surface area contributed by atoms with E-state index < -0.39 is 48.3 Å². The SMILES string of the molecule is CCCCCCCCCCCCNC(=O)c1ccc(CN(Cc2cccc(C(F)(F)F)c2)OC(=O)CCC(=O)ON(Cc2cccc(C(F)(F)F)c2)Cc2c(Br)cc(C(=O)NCCCCCCCCCCCC)cc2Br)c(Br)c1. The van der Waals surface area contributed by atoms with E-state index in [4.69, 9.17) is 9.68 Å². The van der Waals surface area contributed by atoms with Gasteiger partial charge in [0.05, 0.1) is 50.1 Å². The van der Waals surface area contributed by atoms with E-state index in [9.17, 15) is 45.5 Å². The maximum Gasteiger partial charge on any atom is 0.416 e. The fraction of sp³-hybridized carbons (Fsp3) is 0.533. The fourth-order valence-corrected chi connectivity index (χ4v) is 10.8. The Morgan fingerprint density at radius 1 is 0.456 bits per heavy atom. The Morgan fingerprint density at radius 3 is 1.24 bits per heavy atom. The van der Waals surface area contributed by atoms with Crippen LogP contribution in [0.25, 0.3) is 0 Å². The summed E-state index contributed by atoms with van der Waals surface area (Å²) in [7, 11) is 0. The predicted octanol–water partition coefficient (Wildman–Crippen LogP) is 17.7. The number of benzene rings is 4. The molecule has 4 rings (SSSR count). The van der Waals surface area contributed by atoms with E-state index in [0.29, 0.717) is 48.8 Å². The van der Waals surface area contributed by atoms with E-state index in [2.05, 4.69) is 72.3 Å². The molecule has 0 aliphatic heterocycles. The zero-order valence-electron chi connectivity index (χ0n) is 45.6. The monoisotopic (exact) mass is 1300 g/mol. The molecule has 0 aliphatic carbocycles. The maximum absolute atomic E-state index is 13.8. The summed E-state index contributed by atoms with van der Waals surface area (Å²) in [5.41, 5.74) is 0.266. The van der Waals surface area contributed by atoms with Crippen molar-refractivity contribution in [3.8, 4) is 0 Å².